The van der Waals surface area contributed by atoms with Crippen molar-refractivity contribution in [2.24, 2.45) is 17.1 Å². The van der Waals surface area contributed by atoms with Crippen molar-refractivity contribution < 1.29 is 0 Å². The Bertz CT molecular complexity index is 801. The van der Waals surface area contributed by atoms with Gasteiger partial charge in [0, 0.05) is 29.8 Å². The van der Waals surface area contributed by atoms with E-state index < -0.39 is 11.5 Å². The molecule has 0 bridgehead atoms. The van der Waals surface area contributed by atoms with Crippen molar-refractivity contribution in [2.45, 2.75) is 18.9 Å². The van der Waals surface area contributed by atoms with Crippen LogP contribution in [0.5, 0.6) is 0 Å². The van der Waals surface area contributed by atoms with Crippen molar-refractivity contribution in [2.75, 3.05) is 13.1 Å². The van der Waals surface area contributed by atoms with Crippen LogP contribution in [-0.4, -0.2) is 24.0 Å². The largest absolute Gasteiger partial charge is 0.377 e. The average molecular weight is 335 g/mol. The third-order valence-corrected chi connectivity index (χ3v) is 6.00. The fourth-order valence-electron chi connectivity index (χ4n) is 3.78. The molecule has 0 aromatic carbocycles. The van der Waals surface area contributed by atoms with Gasteiger partial charge in [0.15, 0.2) is 5.41 Å². The van der Waals surface area contributed by atoms with Crippen LogP contribution in [0.4, 0.5) is 0 Å². The van der Waals surface area contributed by atoms with Crippen molar-refractivity contribution in [3.8, 4) is 18.2 Å². The summed E-state index contributed by atoms with van der Waals surface area (Å²) in [6.45, 7) is 3.56. The summed E-state index contributed by atoms with van der Waals surface area (Å²) in [5, 5.41) is 31.3. The highest BCUT2D eigenvalue weighted by atomic mass is 32.1. The van der Waals surface area contributed by atoms with E-state index in [4.69, 9.17) is 5.73 Å². The van der Waals surface area contributed by atoms with Crippen LogP contribution in [0.2, 0.25) is 0 Å². The molecule has 2 heterocycles. The molecule has 24 heavy (non-hydrogen) atoms. The second-order valence-electron chi connectivity index (χ2n) is 6.05. The minimum atomic E-state index is -1.44. The van der Waals surface area contributed by atoms with E-state index in [2.05, 4.69) is 30.0 Å². The Morgan fingerprint density at radius 1 is 1.38 bits per heavy atom. The van der Waals surface area contributed by atoms with Crippen molar-refractivity contribution in [1.82, 2.24) is 4.90 Å². The first kappa shape index (κ1) is 16.3. The maximum atomic E-state index is 9.90. The number of thiophene rings is 1. The molecule has 0 spiro atoms. The summed E-state index contributed by atoms with van der Waals surface area (Å²) in [5.41, 5.74) is 6.09. The molecule has 6 heteroatoms. The topological polar surface area (TPSA) is 101 Å². The fraction of sp³-hybridized carbons (Fsp3) is 0.389. The molecule has 1 aromatic rings. The Hall–Kier alpha value is -2.59. The number of allylic oxidation sites excluding steroid dienone is 1. The molecule has 2 aliphatic rings. The fourth-order valence-corrected chi connectivity index (χ4v) is 4.74. The normalized spacial score (nSPS) is 27.8. The van der Waals surface area contributed by atoms with E-state index in [0.717, 1.165) is 17.0 Å². The molecule has 3 atom stereocenters. The first-order valence-electron chi connectivity index (χ1n) is 7.80. The van der Waals surface area contributed by atoms with Crippen LogP contribution in [0.15, 0.2) is 40.9 Å². The van der Waals surface area contributed by atoms with Crippen molar-refractivity contribution in [1.29, 1.82) is 15.8 Å². The summed E-state index contributed by atoms with van der Waals surface area (Å²) in [7, 11) is 0. The molecule has 0 fully saturated rings. The molecule has 1 aliphatic heterocycles. The number of rotatable bonds is 2. The van der Waals surface area contributed by atoms with Gasteiger partial charge in [-0.1, -0.05) is 6.07 Å². The first-order valence-corrected chi connectivity index (χ1v) is 8.68. The first-order chi connectivity index (χ1) is 11.6. The van der Waals surface area contributed by atoms with Crippen LogP contribution in [0, 0.1) is 45.3 Å². The van der Waals surface area contributed by atoms with E-state index in [0.29, 0.717) is 12.1 Å². The van der Waals surface area contributed by atoms with Gasteiger partial charge in [0.2, 0.25) is 0 Å². The molecule has 3 rings (SSSR count). The number of hydrogen-bond donors (Lipinski definition) is 1. The molecule has 0 amide bonds. The SMILES string of the molecule is CCN1C=CC2=C(C#N)[C@@H](N)C(C#N)(C#N)[C@H](c3cccs3)[C@H]2C1. The number of nitrogens with two attached hydrogens (primary N) is 1. The smallest absolute Gasteiger partial charge is 0.171 e. The maximum absolute atomic E-state index is 9.90. The summed E-state index contributed by atoms with van der Waals surface area (Å²) in [6, 6.07) is 9.48. The van der Waals surface area contributed by atoms with Gasteiger partial charge in [-0.15, -0.1) is 11.3 Å². The van der Waals surface area contributed by atoms with Gasteiger partial charge >= 0.3 is 0 Å². The number of nitrogens with zero attached hydrogens (tertiary/aromatic N) is 4. The molecular formula is C18H17N5S. The lowest BCUT2D eigenvalue weighted by Gasteiger charge is -2.46. The second kappa shape index (κ2) is 6.13. The van der Waals surface area contributed by atoms with E-state index >= 15 is 0 Å². The average Bonchev–Trinajstić information content (AvgIpc) is 3.14. The van der Waals surface area contributed by atoms with Crippen molar-refractivity contribution >= 4 is 11.3 Å². The van der Waals surface area contributed by atoms with Gasteiger partial charge in [0.25, 0.3) is 0 Å². The highest BCUT2D eigenvalue weighted by Crippen LogP contribution is 2.53. The van der Waals surface area contributed by atoms with Crippen LogP contribution in [0.1, 0.15) is 17.7 Å². The summed E-state index contributed by atoms with van der Waals surface area (Å²) in [6.07, 6.45) is 3.89. The lowest BCUT2D eigenvalue weighted by atomic mass is 9.57. The lowest BCUT2D eigenvalue weighted by molar-refractivity contribution is 0.221. The van der Waals surface area contributed by atoms with Gasteiger partial charge in [-0.2, -0.15) is 15.8 Å². The summed E-state index contributed by atoms with van der Waals surface area (Å²) >= 11 is 1.53. The Balaban J connectivity index is 2.28. The van der Waals surface area contributed by atoms with E-state index in [1.807, 2.05) is 29.8 Å². The molecule has 0 radical (unpaired) electrons. The van der Waals surface area contributed by atoms with Gasteiger partial charge in [-0.25, -0.2) is 0 Å². The zero-order valence-electron chi connectivity index (χ0n) is 13.3. The Labute approximate surface area is 145 Å². The summed E-state index contributed by atoms with van der Waals surface area (Å²) < 4.78 is 0. The minimum Gasteiger partial charge on any atom is -0.377 e. The molecule has 0 saturated carbocycles. The molecule has 0 unspecified atom stereocenters. The quantitative estimate of drug-likeness (QED) is 0.895. The van der Waals surface area contributed by atoms with Gasteiger partial charge in [-0.3, -0.25) is 0 Å². The third-order valence-electron chi connectivity index (χ3n) is 5.05. The number of hydrogen-bond acceptors (Lipinski definition) is 6. The van der Waals surface area contributed by atoms with Crippen molar-refractivity contribution in [3.05, 3.63) is 45.8 Å². The van der Waals surface area contributed by atoms with E-state index in [-0.39, 0.29) is 11.8 Å². The van der Waals surface area contributed by atoms with E-state index in [1.54, 1.807) is 0 Å². The van der Waals surface area contributed by atoms with Crippen molar-refractivity contribution in [3.63, 3.8) is 0 Å². The summed E-state index contributed by atoms with van der Waals surface area (Å²) in [4.78, 5) is 3.11. The Kier molecular flexibility index (Phi) is 4.16. The maximum Gasteiger partial charge on any atom is 0.171 e. The van der Waals surface area contributed by atoms with Gasteiger partial charge in [0.05, 0.1) is 29.8 Å². The minimum absolute atomic E-state index is 0.0950. The zero-order valence-corrected chi connectivity index (χ0v) is 14.1. The Morgan fingerprint density at radius 3 is 2.67 bits per heavy atom. The van der Waals surface area contributed by atoms with Gasteiger partial charge in [-0.05, 0) is 36.2 Å². The molecule has 2 N–H and O–H groups in total. The highest BCUT2D eigenvalue weighted by Gasteiger charge is 2.56. The van der Waals surface area contributed by atoms with Crippen LogP contribution in [-0.2, 0) is 0 Å². The highest BCUT2D eigenvalue weighted by molar-refractivity contribution is 7.10. The lowest BCUT2D eigenvalue weighted by Crippen LogP contribution is -2.53. The molecule has 1 aromatic heterocycles. The monoisotopic (exact) mass is 335 g/mol. The van der Waals surface area contributed by atoms with Crippen LogP contribution in [0.25, 0.3) is 0 Å². The standard InChI is InChI=1S/C18H17N5S/c1-2-23-6-5-12-13(8-19)17(22)18(10-20,11-21)16(14(12)9-23)15-4-3-7-24-15/h3-7,14,16-17H,2,9,22H2,1H3/t14-,16-,17+/m0/s1. The molecular weight excluding hydrogens is 318 g/mol. The zero-order chi connectivity index (χ0) is 17.3. The van der Waals surface area contributed by atoms with Crippen LogP contribution < -0.4 is 5.73 Å². The summed E-state index contributed by atoms with van der Waals surface area (Å²) in [5.74, 6) is -0.434. The van der Waals surface area contributed by atoms with Crippen LogP contribution in [0.3, 0.4) is 0 Å². The van der Waals surface area contributed by atoms with E-state index in [1.165, 1.54) is 11.3 Å². The number of fused-ring (bicyclic) bond motifs is 1. The Morgan fingerprint density at radius 2 is 2.12 bits per heavy atom. The van der Waals surface area contributed by atoms with Crippen LogP contribution >= 0.6 is 11.3 Å². The molecule has 5 nitrogen and oxygen atoms in total. The number of nitriles is 3. The predicted octanol–water partition coefficient (Wildman–Crippen LogP) is 2.49. The molecule has 0 saturated heterocycles. The molecule has 1 aliphatic carbocycles. The van der Waals surface area contributed by atoms with E-state index in [9.17, 15) is 15.8 Å². The molecule has 120 valence electrons. The third kappa shape index (κ3) is 2.14. The van der Waals surface area contributed by atoms with Gasteiger partial charge < -0.3 is 10.6 Å². The van der Waals surface area contributed by atoms with Gasteiger partial charge in [0.1, 0.15) is 0 Å². The second-order valence-corrected chi connectivity index (χ2v) is 7.03. The predicted molar refractivity (Wildman–Crippen MR) is 91.2 cm³/mol.